The van der Waals surface area contributed by atoms with Crippen molar-refractivity contribution in [2.75, 3.05) is 12.8 Å². The lowest BCUT2D eigenvalue weighted by Crippen LogP contribution is -2.29. The Morgan fingerprint density at radius 3 is 2.45 bits per heavy atom. The van der Waals surface area contributed by atoms with Crippen LogP contribution in [0.15, 0.2) is 42.6 Å². The largest absolute Gasteiger partial charge is 0.347 e. The number of Topliss-reactive ketones (excluding diaryl/α,β-unsaturated/α-hetero) is 1. The summed E-state index contributed by atoms with van der Waals surface area (Å²) < 4.78 is 25.9. The highest BCUT2D eigenvalue weighted by Gasteiger charge is 2.14. The smallest absolute Gasteiger partial charge is 0.209 e. The molecule has 0 saturated carbocycles. The highest BCUT2D eigenvalue weighted by molar-refractivity contribution is 7.88. The van der Waals surface area contributed by atoms with Gasteiger partial charge < -0.3 is 4.57 Å². The van der Waals surface area contributed by atoms with Crippen LogP contribution in [-0.2, 0) is 17.1 Å². The van der Waals surface area contributed by atoms with Gasteiger partial charge in [0.15, 0.2) is 5.78 Å². The summed E-state index contributed by atoms with van der Waals surface area (Å²) in [5.74, 6) is -0.264. The van der Waals surface area contributed by atoms with Crippen molar-refractivity contribution in [2.45, 2.75) is 0 Å². The molecule has 2 aromatic rings. The van der Waals surface area contributed by atoms with E-state index < -0.39 is 10.0 Å². The van der Waals surface area contributed by atoms with Gasteiger partial charge >= 0.3 is 0 Å². The van der Waals surface area contributed by atoms with Crippen molar-refractivity contribution in [1.29, 1.82) is 0 Å². The Kier molecular flexibility index (Phi) is 4.06. The van der Waals surface area contributed by atoms with Crippen molar-refractivity contribution >= 4 is 15.8 Å². The minimum Gasteiger partial charge on any atom is -0.347 e. The minimum absolute atomic E-state index is 0.231. The SMILES string of the molecule is Cn1cc(-c2ccccc2)cc1C(=O)CNS(C)(=O)=O. The molecule has 2 rings (SSSR count). The van der Waals surface area contributed by atoms with Gasteiger partial charge in [-0.2, -0.15) is 0 Å². The zero-order valence-corrected chi connectivity index (χ0v) is 12.1. The molecule has 0 unspecified atom stereocenters. The number of rotatable bonds is 5. The van der Waals surface area contributed by atoms with Crippen LogP contribution in [0.5, 0.6) is 0 Å². The lowest BCUT2D eigenvalue weighted by Gasteiger charge is -2.02. The third-order valence-electron chi connectivity index (χ3n) is 2.89. The van der Waals surface area contributed by atoms with Gasteiger partial charge in [-0.3, -0.25) is 4.79 Å². The summed E-state index contributed by atoms with van der Waals surface area (Å²) in [5.41, 5.74) is 2.41. The molecule has 0 spiro atoms. The first kappa shape index (κ1) is 14.5. The second kappa shape index (κ2) is 5.60. The van der Waals surface area contributed by atoms with Crippen molar-refractivity contribution in [3.63, 3.8) is 0 Å². The van der Waals surface area contributed by atoms with E-state index in [0.29, 0.717) is 5.69 Å². The monoisotopic (exact) mass is 292 g/mol. The number of hydrogen-bond donors (Lipinski definition) is 1. The Morgan fingerprint density at radius 2 is 1.85 bits per heavy atom. The number of carbonyl (C=O) groups excluding carboxylic acids is 1. The normalized spacial score (nSPS) is 11.5. The summed E-state index contributed by atoms with van der Waals surface area (Å²) in [6.45, 7) is -0.231. The molecule has 1 aromatic carbocycles. The summed E-state index contributed by atoms with van der Waals surface area (Å²) in [6.07, 6.45) is 2.88. The summed E-state index contributed by atoms with van der Waals surface area (Å²) in [4.78, 5) is 12.0. The van der Waals surface area contributed by atoms with Gasteiger partial charge in [-0.15, -0.1) is 0 Å². The molecule has 1 aromatic heterocycles. The third kappa shape index (κ3) is 3.55. The number of aromatic nitrogens is 1. The van der Waals surface area contributed by atoms with Crippen molar-refractivity contribution in [1.82, 2.24) is 9.29 Å². The summed E-state index contributed by atoms with van der Waals surface area (Å²) >= 11 is 0. The standard InChI is InChI=1S/C14H16N2O3S/c1-16-10-12(11-6-4-3-5-7-11)8-13(16)14(17)9-15-20(2,18)19/h3-8,10,15H,9H2,1-2H3. The van der Waals surface area contributed by atoms with Crippen LogP contribution in [0, 0.1) is 0 Å². The topological polar surface area (TPSA) is 68.2 Å². The van der Waals surface area contributed by atoms with Gasteiger partial charge in [-0.1, -0.05) is 30.3 Å². The van der Waals surface area contributed by atoms with Gasteiger partial charge in [0.05, 0.1) is 18.5 Å². The van der Waals surface area contributed by atoms with Gasteiger partial charge in [0.1, 0.15) is 0 Å². The lowest BCUT2D eigenvalue weighted by molar-refractivity contribution is 0.0989. The fourth-order valence-corrected chi connectivity index (χ4v) is 2.31. The number of sulfonamides is 1. The molecular formula is C14H16N2O3S. The number of ketones is 1. The van der Waals surface area contributed by atoms with Crippen molar-refractivity contribution < 1.29 is 13.2 Å². The maximum atomic E-state index is 12.0. The molecule has 0 aliphatic rings. The number of carbonyl (C=O) groups is 1. The predicted octanol–water partition coefficient (Wildman–Crippen LogP) is 1.42. The quantitative estimate of drug-likeness (QED) is 0.848. The van der Waals surface area contributed by atoms with Crippen LogP contribution >= 0.6 is 0 Å². The van der Waals surface area contributed by atoms with E-state index in [1.54, 1.807) is 17.7 Å². The summed E-state index contributed by atoms with van der Waals surface area (Å²) in [5, 5.41) is 0. The van der Waals surface area contributed by atoms with E-state index in [1.165, 1.54) is 0 Å². The molecule has 0 bridgehead atoms. The number of hydrogen-bond acceptors (Lipinski definition) is 3. The van der Waals surface area contributed by atoms with E-state index in [1.807, 2.05) is 36.5 Å². The predicted molar refractivity (Wildman–Crippen MR) is 78.0 cm³/mol. The Morgan fingerprint density at radius 1 is 1.20 bits per heavy atom. The molecule has 5 nitrogen and oxygen atoms in total. The number of aryl methyl sites for hydroxylation is 1. The molecule has 20 heavy (non-hydrogen) atoms. The first-order valence-electron chi connectivity index (χ1n) is 6.06. The van der Waals surface area contributed by atoms with Gasteiger partial charge in [0.2, 0.25) is 10.0 Å². The lowest BCUT2D eigenvalue weighted by atomic mass is 10.1. The zero-order chi connectivity index (χ0) is 14.8. The van der Waals surface area contributed by atoms with E-state index in [4.69, 9.17) is 0 Å². The fourth-order valence-electron chi connectivity index (χ4n) is 1.92. The van der Waals surface area contributed by atoms with Gasteiger partial charge in [0, 0.05) is 18.8 Å². The average molecular weight is 292 g/mol. The van der Waals surface area contributed by atoms with Crippen LogP contribution in [0.4, 0.5) is 0 Å². The van der Waals surface area contributed by atoms with Gasteiger partial charge in [-0.05, 0) is 11.6 Å². The highest BCUT2D eigenvalue weighted by Crippen LogP contribution is 2.21. The molecule has 0 aliphatic carbocycles. The first-order valence-corrected chi connectivity index (χ1v) is 7.95. The molecule has 6 heteroatoms. The van der Waals surface area contributed by atoms with E-state index in [-0.39, 0.29) is 12.3 Å². The third-order valence-corrected chi connectivity index (χ3v) is 3.56. The number of nitrogens with zero attached hydrogens (tertiary/aromatic N) is 1. The molecule has 0 saturated heterocycles. The Balaban J connectivity index is 2.22. The van der Waals surface area contributed by atoms with Crippen molar-refractivity contribution in [2.24, 2.45) is 7.05 Å². The highest BCUT2D eigenvalue weighted by atomic mass is 32.2. The number of benzene rings is 1. The summed E-state index contributed by atoms with van der Waals surface area (Å²) in [7, 11) is -1.60. The molecule has 1 heterocycles. The molecular weight excluding hydrogens is 276 g/mol. The van der Waals surface area contributed by atoms with E-state index in [0.717, 1.165) is 17.4 Å². The molecule has 0 amide bonds. The fraction of sp³-hybridized carbons (Fsp3) is 0.214. The first-order chi connectivity index (χ1) is 9.37. The van der Waals surface area contributed by atoms with Gasteiger partial charge in [0.25, 0.3) is 0 Å². The van der Waals surface area contributed by atoms with Crippen LogP contribution in [0.25, 0.3) is 11.1 Å². The van der Waals surface area contributed by atoms with Crippen LogP contribution in [0.1, 0.15) is 10.5 Å². The molecule has 0 radical (unpaired) electrons. The maximum absolute atomic E-state index is 12.0. The van der Waals surface area contributed by atoms with Crippen LogP contribution in [0.3, 0.4) is 0 Å². The molecule has 0 fully saturated rings. The van der Waals surface area contributed by atoms with Crippen LogP contribution in [0.2, 0.25) is 0 Å². The van der Waals surface area contributed by atoms with E-state index >= 15 is 0 Å². The summed E-state index contributed by atoms with van der Waals surface area (Å²) in [6, 6.07) is 11.5. The minimum atomic E-state index is -3.37. The van der Waals surface area contributed by atoms with Crippen molar-refractivity contribution in [3.8, 4) is 11.1 Å². The maximum Gasteiger partial charge on any atom is 0.209 e. The second-order valence-corrected chi connectivity index (χ2v) is 6.44. The Hall–Kier alpha value is -1.92. The molecule has 106 valence electrons. The number of nitrogens with one attached hydrogen (secondary N) is 1. The molecule has 1 N–H and O–H groups in total. The average Bonchev–Trinajstić information content (AvgIpc) is 2.78. The Bertz CT molecular complexity index is 718. The Labute approximate surface area is 118 Å². The van der Waals surface area contributed by atoms with Gasteiger partial charge in [-0.25, -0.2) is 13.1 Å². The second-order valence-electron chi connectivity index (χ2n) is 4.61. The van der Waals surface area contributed by atoms with Crippen LogP contribution < -0.4 is 4.72 Å². The van der Waals surface area contributed by atoms with Crippen molar-refractivity contribution in [3.05, 3.63) is 48.3 Å². The van der Waals surface area contributed by atoms with Crippen LogP contribution in [-0.4, -0.2) is 31.6 Å². The molecule has 0 aliphatic heterocycles. The molecule has 0 atom stereocenters. The van der Waals surface area contributed by atoms with E-state index in [9.17, 15) is 13.2 Å². The zero-order valence-electron chi connectivity index (χ0n) is 11.3. The van der Waals surface area contributed by atoms with E-state index in [2.05, 4.69) is 4.72 Å².